The van der Waals surface area contributed by atoms with Crippen LogP contribution in [0.3, 0.4) is 0 Å². The number of nitrogens with one attached hydrogen (secondary N) is 2. The molecule has 1 aliphatic heterocycles. The zero-order valence-corrected chi connectivity index (χ0v) is 12.1. The van der Waals surface area contributed by atoms with Gasteiger partial charge in [0.1, 0.15) is 24.0 Å². The summed E-state index contributed by atoms with van der Waals surface area (Å²) in [6, 6.07) is 0.617. The first kappa shape index (κ1) is 17.5. The molecule has 12 nitrogen and oxygen atoms in total. The summed E-state index contributed by atoms with van der Waals surface area (Å²) in [6.07, 6.45) is -5.05. The Bertz CT molecular complexity index is 728. The highest BCUT2D eigenvalue weighted by atomic mass is 31.2. The van der Waals surface area contributed by atoms with E-state index in [1.54, 1.807) is 4.98 Å². The van der Waals surface area contributed by atoms with Crippen molar-refractivity contribution in [3.05, 3.63) is 38.4 Å². The minimum atomic E-state index is -5.05. The second-order valence-electron chi connectivity index (χ2n) is 4.51. The average molecular weight is 351 g/mol. The van der Waals surface area contributed by atoms with Gasteiger partial charge in [-0.2, -0.15) is 0 Å². The first-order chi connectivity index (χ1) is 10.7. The molecule has 1 saturated heterocycles. The minimum Gasteiger partial charge on any atom is -0.394 e. The molecule has 2 rings (SSSR count). The van der Waals surface area contributed by atoms with E-state index >= 15 is 0 Å². The number of aromatic nitrogens is 2. The van der Waals surface area contributed by atoms with E-state index in [1.807, 2.05) is 4.98 Å². The molecule has 0 amide bonds. The van der Waals surface area contributed by atoms with Crippen molar-refractivity contribution in [3.8, 4) is 0 Å². The van der Waals surface area contributed by atoms with E-state index in [2.05, 4.69) is 4.52 Å². The molecule has 1 aromatic heterocycles. The summed E-state index contributed by atoms with van der Waals surface area (Å²) >= 11 is 0. The van der Waals surface area contributed by atoms with Crippen LogP contribution >= 0.6 is 7.60 Å². The van der Waals surface area contributed by atoms with E-state index in [-0.39, 0.29) is 0 Å². The molecular formula is C10H12N2O10P. The van der Waals surface area contributed by atoms with Gasteiger partial charge in [0.05, 0.1) is 6.61 Å². The number of hydrogen-bond donors (Lipinski definition) is 6. The van der Waals surface area contributed by atoms with Crippen LogP contribution in [0.25, 0.3) is 0 Å². The van der Waals surface area contributed by atoms with Gasteiger partial charge in [-0.05, 0) is 0 Å². The van der Waals surface area contributed by atoms with Gasteiger partial charge in [0.2, 0.25) is 0 Å². The van der Waals surface area contributed by atoms with Gasteiger partial charge < -0.3 is 34.5 Å². The molecule has 2 heterocycles. The largest absolute Gasteiger partial charge is 0.417 e. The highest BCUT2D eigenvalue weighted by Gasteiger charge is 2.55. The number of aliphatic hydroxyl groups excluding tert-OH is 3. The van der Waals surface area contributed by atoms with Gasteiger partial charge >= 0.3 is 19.3 Å². The van der Waals surface area contributed by atoms with Crippen LogP contribution in [0.4, 0.5) is 0 Å². The summed E-state index contributed by atoms with van der Waals surface area (Å²) < 4.78 is 21.0. The standard InChI is InChI=1S/C10H12N2O10P/c13-2-4-6(15)7(16)9(21-4)23(19,20)22-8(17)3-1-5(14)12-10(18)11-3/h1,4,6-7,13,15-16H,2H2,(H,19,20)(H2,11,12,14,18)/t4-,6-,7-/m1/s1. The number of aliphatic hydroxyl groups is 3. The maximum atomic E-state index is 12.0. The fourth-order valence-corrected chi connectivity index (χ4v) is 2.98. The lowest BCUT2D eigenvalue weighted by Crippen LogP contribution is -2.32. The van der Waals surface area contributed by atoms with Gasteiger partial charge in [0.15, 0.2) is 0 Å². The normalized spacial score (nSPS) is 27.6. The van der Waals surface area contributed by atoms with E-state index in [4.69, 9.17) is 9.84 Å². The maximum Gasteiger partial charge on any atom is 0.417 e. The van der Waals surface area contributed by atoms with Gasteiger partial charge in [-0.25, -0.2) is 14.2 Å². The molecule has 1 aliphatic rings. The number of carbonyl (C=O) groups is 1. The molecule has 0 spiro atoms. The Hall–Kier alpha value is -1.82. The number of ether oxygens (including phenoxy) is 1. The van der Waals surface area contributed by atoms with E-state index in [1.165, 1.54) is 0 Å². The predicted molar refractivity (Wildman–Crippen MR) is 70.1 cm³/mol. The van der Waals surface area contributed by atoms with Gasteiger partial charge in [-0.1, -0.05) is 0 Å². The third-order valence-corrected chi connectivity index (χ3v) is 4.22. The van der Waals surface area contributed by atoms with Gasteiger partial charge in [-0.3, -0.25) is 9.78 Å². The lowest BCUT2D eigenvalue weighted by molar-refractivity contribution is -0.00430. The van der Waals surface area contributed by atoms with Gasteiger partial charge in [0.25, 0.3) is 11.4 Å². The molecule has 13 heteroatoms. The quantitative estimate of drug-likeness (QED) is 0.304. The molecule has 0 aliphatic carbocycles. The van der Waals surface area contributed by atoms with Crippen LogP contribution in [0.2, 0.25) is 0 Å². The molecule has 1 fully saturated rings. The third kappa shape index (κ3) is 3.58. The second-order valence-corrected chi connectivity index (χ2v) is 6.18. The molecule has 0 bridgehead atoms. The van der Waals surface area contributed by atoms with Crippen LogP contribution in [0, 0.1) is 5.85 Å². The Morgan fingerprint density at radius 1 is 1.35 bits per heavy atom. The van der Waals surface area contributed by atoms with Gasteiger partial charge in [-0.15, -0.1) is 0 Å². The van der Waals surface area contributed by atoms with Crippen LogP contribution in [0.5, 0.6) is 0 Å². The Balaban J connectivity index is 2.21. The average Bonchev–Trinajstić information content (AvgIpc) is 2.74. The van der Waals surface area contributed by atoms with Crippen LogP contribution in [0.1, 0.15) is 10.5 Å². The molecule has 6 N–H and O–H groups in total. The molecule has 1 radical (unpaired) electrons. The van der Waals surface area contributed by atoms with Crippen LogP contribution < -0.4 is 11.2 Å². The Labute approximate surface area is 126 Å². The molecule has 1 unspecified atom stereocenters. The minimum absolute atomic E-state index is 0.617. The smallest absolute Gasteiger partial charge is 0.394 e. The van der Waals surface area contributed by atoms with Crippen molar-refractivity contribution in [2.45, 2.75) is 18.3 Å². The van der Waals surface area contributed by atoms with E-state index in [9.17, 15) is 34.1 Å². The molecule has 23 heavy (non-hydrogen) atoms. The van der Waals surface area contributed by atoms with Crippen molar-refractivity contribution in [1.29, 1.82) is 0 Å². The molecule has 0 aromatic carbocycles. The summed E-state index contributed by atoms with van der Waals surface area (Å²) in [5.41, 5.74) is -2.70. The van der Waals surface area contributed by atoms with Crippen molar-refractivity contribution in [2.75, 3.05) is 6.61 Å². The number of hydrogen-bond acceptors (Lipinski definition) is 9. The van der Waals surface area contributed by atoms with Crippen molar-refractivity contribution < 1.29 is 38.8 Å². The first-order valence-corrected chi connectivity index (χ1v) is 7.65. The monoisotopic (exact) mass is 351 g/mol. The van der Waals surface area contributed by atoms with E-state index in [0.29, 0.717) is 6.07 Å². The summed E-state index contributed by atoms with van der Waals surface area (Å²) in [7, 11) is -5.05. The second kappa shape index (κ2) is 6.35. The Kier molecular flexibility index (Phi) is 4.84. The summed E-state index contributed by atoms with van der Waals surface area (Å²) in [4.78, 5) is 47.2. The predicted octanol–water partition coefficient (Wildman–Crippen LogP) is -2.99. The highest BCUT2D eigenvalue weighted by Crippen LogP contribution is 2.58. The Morgan fingerprint density at radius 2 is 2.00 bits per heavy atom. The van der Waals surface area contributed by atoms with Crippen molar-refractivity contribution in [3.63, 3.8) is 0 Å². The lowest BCUT2D eigenvalue weighted by atomic mass is 10.2. The molecule has 1 aromatic rings. The topological polar surface area (TPSA) is 199 Å². The zero-order valence-electron chi connectivity index (χ0n) is 11.2. The zero-order chi connectivity index (χ0) is 17.4. The maximum absolute atomic E-state index is 12.0. The Morgan fingerprint density at radius 3 is 2.52 bits per heavy atom. The summed E-state index contributed by atoms with van der Waals surface area (Å²) in [5.74, 6) is -2.58. The van der Waals surface area contributed by atoms with Crippen molar-refractivity contribution in [2.24, 2.45) is 0 Å². The lowest BCUT2D eigenvalue weighted by Gasteiger charge is -2.18. The number of carbonyl (C=O) groups excluding carboxylic acids is 1. The molecule has 4 atom stereocenters. The number of rotatable bonds is 4. The summed E-state index contributed by atoms with van der Waals surface area (Å²) in [5, 5.41) is 28.0. The van der Waals surface area contributed by atoms with E-state index in [0.717, 1.165) is 0 Å². The highest BCUT2D eigenvalue weighted by molar-refractivity contribution is 7.56. The summed E-state index contributed by atoms with van der Waals surface area (Å²) in [6.45, 7) is -0.767. The molecular weight excluding hydrogens is 339 g/mol. The van der Waals surface area contributed by atoms with Crippen LogP contribution in [0.15, 0.2) is 15.7 Å². The van der Waals surface area contributed by atoms with Crippen LogP contribution in [-0.4, -0.2) is 61.1 Å². The number of H-pyrrole nitrogens is 2. The SMILES string of the molecule is O=C(OP(=O)(O)[C]1O[C@H](CO)[C@@H](O)[C@H]1O)c1cc(=O)[nH]c(=O)[nH]1. The molecule has 0 saturated carbocycles. The number of aromatic amines is 2. The molecule has 127 valence electrons. The first-order valence-electron chi connectivity index (χ1n) is 6.07. The van der Waals surface area contributed by atoms with Crippen molar-refractivity contribution in [1.82, 2.24) is 9.97 Å². The van der Waals surface area contributed by atoms with E-state index < -0.39 is 61.3 Å². The van der Waals surface area contributed by atoms with Crippen molar-refractivity contribution >= 4 is 13.6 Å². The fourth-order valence-electron chi connectivity index (χ4n) is 1.81. The van der Waals surface area contributed by atoms with Gasteiger partial charge in [0, 0.05) is 6.07 Å². The van der Waals surface area contributed by atoms with Crippen LogP contribution in [-0.2, 0) is 13.8 Å². The third-order valence-electron chi connectivity index (χ3n) is 2.87. The fraction of sp³-hybridized carbons (Fsp3) is 0.400.